The highest BCUT2D eigenvalue weighted by molar-refractivity contribution is 7.85. The van der Waals surface area contributed by atoms with E-state index in [0.717, 1.165) is 31.4 Å². The van der Waals surface area contributed by atoms with Crippen LogP contribution < -0.4 is 10.6 Å². The van der Waals surface area contributed by atoms with Crippen molar-refractivity contribution in [1.29, 1.82) is 0 Å². The summed E-state index contributed by atoms with van der Waals surface area (Å²) in [6.07, 6.45) is 10.9. The predicted molar refractivity (Wildman–Crippen MR) is 108 cm³/mol. The fourth-order valence-electron chi connectivity index (χ4n) is 2.94. The van der Waals surface area contributed by atoms with E-state index in [1.165, 1.54) is 25.7 Å². The first-order chi connectivity index (χ1) is 12.7. The third-order valence-corrected chi connectivity index (χ3v) is 5.25. The van der Waals surface area contributed by atoms with Gasteiger partial charge in [-0.15, -0.1) is 0 Å². The van der Waals surface area contributed by atoms with Crippen molar-refractivity contribution in [2.24, 2.45) is 0 Å². The zero-order valence-corrected chi connectivity index (χ0v) is 17.2. The van der Waals surface area contributed by atoms with Gasteiger partial charge in [-0.3, -0.25) is 14.1 Å². The SMILES string of the molecule is C=CC(=O)NCC(CCCCCCCCCC)(CS(=O)(=O)O)NC(=O)C=C. The third-order valence-electron chi connectivity index (χ3n) is 4.33. The van der Waals surface area contributed by atoms with Crippen LogP contribution in [0.4, 0.5) is 0 Å². The fourth-order valence-corrected chi connectivity index (χ4v) is 3.96. The van der Waals surface area contributed by atoms with Crippen LogP contribution in [0.1, 0.15) is 64.7 Å². The van der Waals surface area contributed by atoms with Gasteiger partial charge in [0.05, 0.1) is 5.54 Å². The van der Waals surface area contributed by atoms with E-state index in [1.54, 1.807) is 0 Å². The molecule has 0 aromatic carbocycles. The second kappa shape index (κ2) is 13.5. The summed E-state index contributed by atoms with van der Waals surface area (Å²) in [4.78, 5) is 23.3. The Balaban J connectivity index is 4.93. The number of carbonyl (C=O) groups is 2. The van der Waals surface area contributed by atoms with Crippen LogP contribution in [-0.4, -0.2) is 42.6 Å². The van der Waals surface area contributed by atoms with Gasteiger partial charge in [-0.2, -0.15) is 8.42 Å². The van der Waals surface area contributed by atoms with Crippen molar-refractivity contribution in [1.82, 2.24) is 10.6 Å². The lowest BCUT2D eigenvalue weighted by atomic mass is 9.93. The normalized spacial score (nSPS) is 13.4. The minimum absolute atomic E-state index is 0.131. The maximum Gasteiger partial charge on any atom is 0.267 e. The van der Waals surface area contributed by atoms with Gasteiger partial charge in [-0.1, -0.05) is 71.4 Å². The molecule has 0 aliphatic heterocycles. The summed E-state index contributed by atoms with van der Waals surface area (Å²) >= 11 is 0. The van der Waals surface area contributed by atoms with Crippen LogP contribution in [0.5, 0.6) is 0 Å². The molecule has 1 atom stereocenters. The van der Waals surface area contributed by atoms with Gasteiger partial charge in [-0.05, 0) is 18.6 Å². The van der Waals surface area contributed by atoms with Gasteiger partial charge in [0.1, 0.15) is 5.75 Å². The number of nitrogens with one attached hydrogen (secondary N) is 2. The van der Waals surface area contributed by atoms with E-state index in [2.05, 4.69) is 30.7 Å². The maximum atomic E-state index is 11.8. The van der Waals surface area contributed by atoms with Gasteiger partial charge in [0.2, 0.25) is 11.8 Å². The zero-order valence-electron chi connectivity index (χ0n) is 16.3. The summed E-state index contributed by atoms with van der Waals surface area (Å²) in [5.41, 5.74) is -1.31. The van der Waals surface area contributed by atoms with Crippen LogP contribution in [0.15, 0.2) is 25.3 Å². The zero-order chi connectivity index (χ0) is 20.8. The first kappa shape index (κ1) is 25.3. The van der Waals surface area contributed by atoms with Crippen LogP contribution in [0.3, 0.4) is 0 Å². The van der Waals surface area contributed by atoms with Gasteiger partial charge in [0.15, 0.2) is 0 Å². The first-order valence-electron chi connectivity index (χ1n) is 9.48. The highest BCUT2D eigenvalue weighted by atomic mass is 32.2. The molecule has 27 heavy (non-hydrogen) atoms. The second-order valence-electron chi connectivity index (χ2n) is 6.85. The molecule has 0 aromatic rings. The molecule has 156 valence electrons. The summed E-state index contributed by atoms with van der Waals surface area (Å²) in [7, 11) is -4.37. The van der Waals surface area contributed by atoms with Gasteiger partial charge >= 0.3 is 0 Å². The van der Waals surface area contributed by atoms with Crippen LogP contribution in [-0.2, 0) is 19.7 Å². The number of rotatable bonds is 16. The molecule has 0 saturated heterocycles. The fraction of sp³-hybridized carbons (Fsp3) is 0.684. The Morgan fingerprint density at radius 2 is 1.48 bits per heavy atom. The van der Waals surface area contributed by atoms with E-state index >= 15 is 0 Å². The highest BCUT2D eigenvalue weighted by Gasteiger charge is 2.36. The monoisotopic (exact) mass is 402 g/mol. The first-order valence-corrected chi connectivity index (χ1v) is 11.1. The molecule has 0 saturated carbocycles. The predicted octanol–water partition coefficient (Wildman–Crippen LogP) is 2.75. The lowest BCUT2D eigenvalue weighted by Crippen LogP contribution is -2.59. The lowest BCUT2D eigenvalue weighted by molar-refractivity contribution is -0.120. The van der Waals surface area contributed by atoms with Gasteiger partial charge in [-0.25, -0.2) is 0 Å². The van der Waals surface area contributed by atoms with Crippen molar-refractivity contribution in [3.8, 4) is 0 Å². The molecule has 1 unspecified atom stereocenters. The van der Waals surface area contributed by atoms with Crippen LogP contribution in [0.2, 0.25) is 0 Å². The topological polar surface area (TPSA) is 113 Å². The summed E-state index contributed by atoms with van der Waals surface area (Å²) in [5, 5.41) is 5.11. The van der Waals surface area contributed by atoms with Crippen molar-refractivity contribution in [2.75, 3.05) is 12.3 Å². The molecule has 0 aliphatic carbocycles. The maximum absolute atomic E-state index is 11.8. The van der Waals surface area contributed by atoms with Gasteiger partial charge in [0, 0.05) is 6.54 Å². The molecular formula is C19H34N2O5S. The number of hydrogen-bond donors (Lipinski definition) is 3. The Hall–Kier alpha value is -1.67. The van der Waals surface area contributed by atoms with Crippen LogP contribution >= 0.6 is 0 Å². The average Bonchev–Trinajstić information content (AvgIpc) is 2.60. The van der Waals surface area contributed by atoms with E-state index in [0.29, 0.717) is 12.8 Å². The Morgan fingerprint density at radius 3 is 1.96 bits per heavy atom. The summed E-state index contributed by atoms with van der Waals surface area (Å²) < 4.78 is 32.4. The molecule has 3 N–H and O–H groups in total. The number of hydrogen-bond acceptors (Lipinski definition) is 4. The summed E-state index contributed by atoms with van der Waals surface area (Å²) in [5.74, 6) is -1.74. The smallest absolute Gasteiger partial charge is 0.267 e. The molecule has 0 radical (unpaired) electrons. The van der Waals surface area contributed by atoms with E-state index in [4.69, 9.17) is 0 Å². The molecule has 0 bridgehead atoms. The molecule has 0 spiro atoms. The molecule has 0 heterocycles. The molecule has 8 heteroatoms. The van der Waals surface area contributed by atoms with E-state index in [9.17, 15) is 22.6 Å². The van der Waals surface area contributed by atoms with Crippen molar-refractivity contribution in [2.45, 2.75) is 70.3 Å². The van der Waals surface area contributed by atoms with Gasteiger partial charge < -0.3 is 10.6 Å². The number of unbranched alkanes of at least 4 members (excludes halogenated alkanes) is 7. The summed E-state index contributed by atoms with van der Waals surface area (Å²) in [6.45, 7) is 8.75. The Labute approximate surface area is 163 Å². The van der Waals surface area contributed by atoms with E-state index < -0.39 is 33.2 Å². The molecule has 0 aliphatic rings. The van der Waals surface area contributed by atoms with Crippen molar-refractivity contribution < 1.29 is 22.6 Å². The number of carbonyl (C=O) groups excluding carboxylic acids is 2. The Morgan fingerprint density at radius 1 is 0.963 bits per heavy atom. The van der Waals surface area contributed by atoms with Crippen molar-refractivity contribution in [3.63, 3.8) is 0 Å². The average molecular weight is 403 g/mol. The minimum Gasteiger partial charge on any atom is -0.350 e. The molecule has 0 fully saturated rings. The van der Waals surface area contributed by atoms with Crippen molar-refractivity contribution in [3.05, 3.63) is 25.3 Å². The Kier molecular flexibility index (Phi) is 12.7. The van der Waals surface area contributed by atoms with E-state index in [1.807, 2.05) is 0 Å². The minimum atomic E-state index is -4.37. The molecule has 0 aromatic heterocycles. The van der Waals surface area contributed by atoms with E-state index in [-0.39, 0.29) is 6.54 Å². The number of amides is 2. The second-order valence-corrected chi connectivity index (χ2v) is 8.30. The van der Waals surface area contributed by atoms with Crippen molar-refractivity contribution >= 4 is 21.9 Å². The lowest BCUT2D eigenvalue weighted by Gasteiger charge is -2.33. The Bertz CT molecular complexity index is 589. The molecular weight excluding hydrogens is 368 g/mol. The van der Waals surface area contributed by atoms with Gasteiger partial charge in [0.25, 0.3) is 10.1 Å². The quantitative estimate of drug-likeness (QED) is 0.209. The summed E-state index contributed by atoms with van der Waals surface area (Å²) in [6, 6.07) is 0. The third kappa shape index (κ3) is 13.2. The largest absolute Gasteiger partial charge is 0.350 e. The van der Waals surface area contributed by atoms with Crippen LogP contribution in [0.25, 0.3) is 0 Å². The molecule has 2 amide bonds. The van der Waals surface area contributed by atoms with Crippen LogP contribution in [0, 0.1) is 0 Å². The molecule has 7 nitrogen and oxygen atoms in total. The highest BCUT2D eigenvalue weighted by Crippen LogP contribution is 2.19. The molecule has 0 rings (SSSR count). The standard InChI is InChI=1S/C19H34N2O5S/c1-4-7-8-9-10-11-12-13-14-19(16-27(24,25)26,21-18(23)6-3)15-20-17(22)5-2/h5-6H,2-4,7-16H2,1H3,(H,20,22)(H,21,23)(H,24,25,26).